The van der Waals surface area contributed by atoms with Crippen molar-refractivity contribution in [2.75, 3.05) is 6.61 Å². The lowest BCUT2D eigenvalue weighted by Gasteiger charge is -2.18. The molecule has 36 heavy (non-hydrogen) atoms. The topological polar surface area (TPSA) is 83.6 Å². The number of hydrogen-bond donors (Lipinski definition) is 3. The summed E-state index contributed by atoms with van der Waals surface area (Å²) in [5, 5.41) is 15.4. The number of fused-ring (bicyclic) bond motifs is 1. The average Bonchev–Trinajstić information content (AvgIpc) is 3.26. The molecule has 0 saturated carbocycles. The molecule has 4 aromatic rings. The number of H-pyrrole nitrogens is 1. The van der Waals surface area contributed by atoms with Crippen molar-refractivity contribution < 1.29 is 19.4 Å². The van der Waals surface area contributed by atoms with E-state index in [1.165, 1.54) is 0 Å². The van der Waals surface area contributed by atoms with Gasteiger partial charge in [-0.25, -0.2) is 0 Å². The lowest BCUT2D eigenvalue weighted by molar-refractivity contribution is -0.139. The Kier molecular flexibility index (Phi) is 8.64. The van der Waals surface area contributed by atoms with Gasteiger partial charge in [-0.15, -0.1) is 0 Å². The van der Waals surface area contributed by atoms with E-state index in [1.54, 1.807) is 30.3 Å². The smallest absolute Gasteiger partial charge is 0.321 e. The van der Waals surface area contributed by atoms with Gasteiger partial charge in [-0.2, -0.15) is 0 Å². The lowest BCUT2D eigenvalue weighted by atomic mass is 10.0. The first-order valence-corrected chi connectivity index (χ1v) is 12.5. The first-order valence-electron chi connectivity index (χ1n) is 11.4. The van der Waals surface area contributed by atoms with Crippen molar-refractivity contribution in [3.63, 3.8) is 0 Å². The lowest BCUT2D eigenvalue weighted by Crippen LogP contribution is -2.38. The molecule has 1 unspecified atom stereocenters. The van der Waals surface area contributed by atoms with Crippen molar-refractivity contribution in [1.82, 2.24) is 10.3 Å². The van der Waals surface area contributed by atoms with Gasteiger partial charge in [0, 0.05) is 56.8 Å². The highest BCUT2D eigenvalue weighted by atomic mass is 35.5. The number of ether oxygens (including phenoxy) is 2. The van der Waals surface area contributed by atoms with Crippen molar-refractivity contribution in [3.8, 4) is 11.5 Å². The van der Waals surface area contributed by atoms with Crippen LogP contribution in [0, 0.1) is 0 Å². The Morgan fingerprint density at radius 1 is 0.972 bits per heavy atom. The average molecular weight is 548 g/mol. The number of halogens is 3. The van der Waals surface area contributed by atoms with Gasteiger partial charge in [0.25, 0.3) is 0 Å². The van der Waals surface area contributed by atoms with E-state index in [4.69, 9.17) is 44.3 Å². The molecule has 0 aliphatic carbocycles. The maximum Gasteiger partial charge on any atom is 0.321 e. The van der Waals surface area contributed by atoms with Crippen LogP contribution < -0.4 is 14.8 Å². The zero-order valence-corrected chi connectivity index (χ0v) is 21.8. The molecule has 6 nitrogen and oxygen atoms in total. The van der Waals surface area contributed by atoms with Gasteiger partial charge in [0.2, 0.25) is 0 Å². The monoisotopic (exact) mass is 546 g/mol. The van der Waals surface area contributed by atoms with E-state index in [2.05, 4.69) is 10.3 Å². The Morgan fingerprint density at radius 2 is 1.69 bits per heavy atom. The Labute approximate surface area is 224 Å². The van der Waals surface area contributed by atoms with Crippen LogP contribution in [0.4, 0.5) is 0 Å². The van der Waals surface area contributed by atoms with Crippen LogP contribution in [-0.2, 0) is 24.4 Å². The molecule has 188 valence electrons. The van der Waals surface area contributed by atoms with Crippen LogP contribution in [0.15, 0.2) is 60.8 Å². The number of carboxylic acid groups (broad SMARTS) is 1. The van der Waals surface area contributed by atoms with Crippen LogP contribution in [0.1, 0.15) is 23.6 Å². The number of benzene rings is 3. The highest BCUT2D eigenvalue weighted by Gasteiger charge is 2.21. The third kappa shape index (κ3) is 6.08. The summed E-state index contributed by atoms with van der Waals surface area (Å²) in [5.41, 5.74) is 3.24. The molecule has 0 fully saturated rings. The summed E-state index contributed by atoms with van der Waals surface area (Å²) in [5.74, 6) is -0.0152. The SMILES string of the molecule is CCOc1cc(CNC(Cc2c[nH]c3ccccc23)C(=O)O)c(Cl)cc1OCc1c(Cl)cccc1Cl. The number of rotatable bonds is 11. The predicted molar refractivity (Wildman–Crippen MR) is 144 cm³/mol. The number of carbonyl (C=O) groups is 1. The zero-order valence-electron chi connectivity index (χ0n) is 19.5. The number of aromatic amines is 1. The molecule has 0 radical (unpaired) electrons. The summed E-state index contributed by atoms with van der Waals surface area (Å²) in [4.78, 5) is 15.2. The summed E-state index contributed by atoms with van der Waals surface area (Å²) in [6.45, 7) is 2.64. The third-order valence-corrected chi connectivity index (χ3v) is 6.84. The van der Waals surface area contributed by atoms with E-state index in [1.807, 2.05) is 37.4 Å². The Hall–Kier alpha value is -2.90. The second-order valence-electron chi connectivity index (χ2n) is 8.15. The van der Waals surface area contributed by atoms with Crippen LogP contribution in [0.3, 0.4) is 0 Å². The van der Waals surface area contributed by atoms with E-state index < -0.39 is 12.0 Å². The molecule has 9 heteroatoms. The first-order chi connectivity index (χ1) is 17.4. The summed E-state index contributed by atoms with van der Waals surface area (Å²) in [6.07, 6.45) is 2.16. The molecule has 0 aliphatic rings. The Bertz CT molecular complexity index is 1350. The molecule has 1 atom stereocenters. The van der Waals surface area contributed by atoms with Gasteiger partial charge in [-0.1, -0.05) is 59.1 Å². The van der Waals surface area contributed by atoms with Crippen molar-refractivity contribution in [3.05, 3.63) is 92.6 Å². The number of nitrogens with one attached hydrogen (secondary N) is 2. The van der Waals surface area contributed by atoms with Gasteiger partial charge in [-0.05, 0) is 42.3 Å². The molecule has 1 heterocycles. The minimum Gasteiger partial charge on any atom is -0.490 e. The van der Waals surface area contributed by atoms with Crippen molar-refractivity contribution in [2.45, 2.75) is 32.5 Å². The molecule has 0 spiro atoms. The predicted octanol–water partition coefficient (Wildman–Crippen LogP) is 6.89. The second kappa shape index (κ2) is 11.9. The molecule has 3 N–H and O–H groups in total. The maximum absolute atomic E-state index is 12.0. The van der Waals surface area contributed by atoms with E-state index in [-0.39, 0.29) is 13.2 Å². The van der Waals surface area contributed by atoms with Crippen LogP contribution in [-0.4, -0.2) is 28.7 Å². The summed E-state index contributed by atoms with van der Waals surface area (Å²) in [7, 11) is 0. The summed E-state index contributed by atoms with van der Waals surface area (Å²) < 4.78 is 11.7. The van der Waals surface area contributed by atoms with Gasteiger partial charge < -0.3 is 19.6 Å². The first kappa shape index (κ1) is 26.2. The van der Waals surface area contributed by atoms with E-state index >= 15 is 0 Å². The number of aliphatic carboxylic acids is 1. The third-order valence-electron chi connectivity index (χ3n) is 5.78. The van der Waals surface area contributed by atoms with Crippen LogP contribution >= 0.6 is 34.8 Å². The minimum atomic E-state index is -0.946. The van der Waals surface area contributed by atoms with Gasteiger partial charge in [0.05, 0.1) is 6.61 Å². The zero-order chi connectivity index (χ0) is 25.7. The van der Waals surface area contributed by atoms with E-state index in [9.17, 15) is 9.90 Å². The molecule has 0 saturated heterocycles. The Morgan fingerprint density at radius 3 is 2.42 bits per heavy atom. The normalized spacial score (nSPS) is 12.0. The van der Waals surface area contributed by atoms with Gasteiger partial charge >= 0.3 is 5.97 Å². The summed E-state index contributed by atoms with van der Waals surface area (Å²) in [6, 6.07) is 15.6. The fraction of sp³-hybridized carbons (Fsp3) is 0.222. The fourth-order valence-corrected chi connectivity index (χ4v) is 4.64. The fourth-order valence-electron chi connectivity index (χ4n) is 3.91. The van der Waals surface area contributed by atoms with Crippen molar-refractivity contribution in [2.24, 2.45) is 0 Å². The number of carboxylic acids is 1. The molecule has 0 amide bonds. The van der Waals surface area contributed by atoms with Crippen LogP contribution in [0.2, 0.25) is 15.1 Å². The number of hydrogen-bond acceptors (Lipinski definition) is 4. The van der Waals surface area contributed by atoms with Crippen molar-refractivity contribution in [1.29, 1.82) is 0 Å². The van der Waals surface area contributed by atoms with Crippen molar-refractivity contribution >= 4 is 51.7 Å². The highest BCUT2D eigenvalue weighted by molar-refractivity contribution is 6.36. The maximum atomic E-state index is 12.0. The molecular weight excluding hydrogens is 523 g/mol. The van der Waals surface area contributed by atoms with Gasteiger partial charge in [0.15, 0.2) is 11.5 Å². The molecule has 3 aromatic carbocycles. The molecule has 4 rings (SSSR count). The molecule has 0 aliphatic heterocycles. The minimum absolute atomic E-state index is 0.137. The summed E-state index contributed by atoms with van der Waals surface area (Å²) >= 11 is 19.1. The van der Waals surface area contributed by atoms with Crippen LogP contribution in [0.5, 0.6) is 11.5 Å². The van der Waals surface area contributed by atoms with Gasteiger partial charge in [-0.3, -0.25) is 10.1 Å². The number of para-hydroxylation sites is 1. The highest BCUT2D eigenvalue weighted by Crippen LogP contribution is 2.35. The molecule has 0 bridgehead atoms. The quantitative estimate of drug-likeness (QED) is 0.190. The van der Waals surface area contributed by atoms with E-state index in [0.29, 0.717) is 50.7 Å². The standard InChI is InChI=1S/C27H25Cl3N2O4/c1-2-35-25-11-17(22(30)12-26(25)36-15-19-20(28)7-5-8-21(19)29)14-32-24(27(33)34)10-16-13-31-23-9-4-3-6-18(16)23/h3-9,11-13,24,31-32H,2,10,14-15H2,1H3,(H,33,34). The Balaban J connectivity index is 1.49. The second-order valence-corrected chi connectivity index (χ2v) is 9.37. The van der Waals surface area contributed by atoms with E-state index in [0.717, 1.165) is 16.5 Å². The molecular formula is C27H25Cl3N2O4. The molecule has 1 aromatic heterocycles. The largest absolute Gasteiger partial charge is 0.490 e. The van der Waals surface area contributed by atoms with Gasteiger partial charge in [0.1, 0.15) is 12.6 Å². The van der Waals surface area contributed by atoms with Crippen LogP contribution in [0.25, 0.3) is 10.9 Å². The number of aromatic nitrogens is 1.